The van der Waals surface area contributed by atoms with E-state index in [4.69, 9.17) is 30.3 Å². The van der Waals surface area contributed by atoms with Gasteiger partial charge in [0.2, 0.25) is 0 Å². The molecule has 0 fully saturated rings. The van der Waals surface area contributed by atoms with Gasteiger partial charge in [0.25, 0.3) is 0 Å². The minimum atomic E-state index is -5.30. The molecule has 24 N–H and O–H groups in total. The summed E-state index contributed by atoms with van der Waals surface area (Å²) in [6, 6.07) is 0. The third kappa shape index (κ3) is 39.0. The Morgan fingerprint density at radius 3 is 1.49 bits per heavy atom. The first kappa shape index (κ1) is 53.7. The van der Waals surface area contributed by atoms with Gasteiger partial charge in [0.05, 0.1) is 14.4 Å². The lowest BCUT2D eigenvalue weighted by molar-refractivity contribution is -0.343. The van der Waals surface area contributed by atoms with Crippen LogP contribution in [0, 0.1) is 0 Å². The maximum absolute atomic E-state index is 10.1. The van der Waals surface area contributed by atoms with Crippen LogP contribution in [0.25, 0.3) is 0 Å². The van der Waals surface area contributed by atoms with Crippen molar-refractivity contribution in [3.8, 4) is 0 Å². The highest BCUT2D eigenvalue weighted by molar-refractivity contribution is 7.43. The molecule has 0 aliphatic carbocycles. The standard InChI is InChI=1S/C6H13O9P.C5H6O5.C2H4O2.5H3N/c7-1-3(8)5(10)6(11)4(9)2-15-16(12,13)14;6-3(5(9)10)1-2-4(7)8;1-2(3)4;;;;;/h1,3-6,8-11H,2H2,(H2,12,13,14);1-2H2,(H,7,8)(H,9,10);1H3,(H,3,4);5*1H3/t3-,4+,5+,6+;;;;;;;/m0......./s1. The minimum absolute atomic E-state index is 0. The summed E-state index contributed by atoms with van der Waals surface area (Å²) in [7, 11) is -5.30. The lowest BCUT2D eigenvalue weighted by atomic mass is 10.0. The van der Waals surface area contributed by atoms with Crippen LogP contribution >= 0.6 is 7.82 Å². The number of phosphoric acid groups is 1. The number of carboxylic acids is 3. The second-order valence-electron chi connectivity index (χ2n) is 4.99. The summed E-state index contributed by atoms with van der Waals surface area (Å²) >= 11 is 0. The van der Waals surface area contributed by atoms with Crippen LogP contribution < -0.4 is 55.9 Å². The molecule has 35 heavy (non-hydrogen) atoms. The molecule has 0 saturated heterocycles. The van der Waals surface area contributed by atoms with Crippen LogP contribution in [0.1, 0.15) is 19.8 Å². The summed E-state index contributed by atoms with van der Waals surface area (Å²) in [5.74, 6) is -5.61. The van der Waals surface area contributed by atoms with Gasteiger partial charge in [0.15, 0.2) is 12.1 Å². The van der Waals surface area contributed by atoms with Crippen LogP contribution in [-0.4, -0.2) is 81.4 Å². The van der Waals surface area contributed by atoms with E-state index >= 15 is 0 Å². The van der Waals surface area contributed by atoms with E-state index in [9.17, 15) is 43.7 Å². The third-order valence-electron chi connectivity index (χ3n) is 2.42. The summed E-state index contributed by atoms with van der Waals surface area (Å²) in [5, 5.41) is 64.1. The Hall–Kier alpha value is -2.50. The van der Waals surface area contributed by atoms with Crippen LogP contribution in [0.5, 0.6) is 0 Å². The molecular weight excluding hydrogens is 513 g/mol. The number of carbonyl (C=O) groups excluding carboxylic acids is 5. The molecular formula is C13H38N5O16P. The van der Waals surface area contributed by atoms with E-state index in [2.05, 4.69) is 4.52 Å². The molecule has 22 heteroatoms. The molecule has 4 atom stereocenters. The molecule has 0 bridgehead atoms. The van der Waals surface area contributed by atoms with Gasteiger partial charge in [0.1, 0.15) is 30.4 Å². The van der Waals surface area contributed by atoms with E-state index in [0.29, 0.717) is 0 Å². The average Bonchev–Trinajstić information content (AvgIpc) is 2.61. The van der Waals surface area contributed by atoms with Gasteiger partial charge in [-0.3, -0.25) is 4.79 Å². The number of aliphatic carboxylic acids is 3. The predicted molar refractivity (Wildman–Crippen MR) is 109 cm³/mol. The number of quaternary nitrogens is 5. The second-order valence-corrected chi connectivity index (χ2v) is 6.15. The molecule has 0 rings (SSSR count). The molecule has 0 heterocycles. The van der Waals surface area contributed by atoms with Crippen LogP contribution in [0.3, 0.4) is 0 Å². The van der Waals surface area contributed by atoms with Gasteiger partial charge in [0, 0.05) is 18.4 Å². The number of aliphatic hydroxyl groups is 4. The van der Waals surface area contributed by atoms with Crippen LogP contribution in [0.2, 0.25) is 0 Å². The maximum Gasteiger partial charge on any atom is 0.178 e. The van der Waals surface area contributed by atoms with Gasteiger partial charge >= 0.3 is 0 Å². The number of carbonyl (C=O) groups is 5. The summed E-state index contributed by atoms with van der Waals surface area (Å²) in [4.78, 5) is 68.3. The molecule has 0 radical (unpaired) electrons. The summed E-state index contributed by atoms with van der Waals surface area (Å²) in [6.07, 6.45) is -9.18. The van der Waals surface area contributed by atoms with Crippen molar-refractivity contribution in [2.24, 2.45) is 0 Å². The molecule has 0 saturated carbocycles. The highest BCUT2D eigenvalue weighted by Crippen LogP contribution is 2.25. The quantitative estimate of drug-likeness (QED) is 0.0653. The second kappa shape index (κ2) is 27.7. The van der Waals surface area contributed by atoms with Crippen molar-refractivity contribution in [3.63, 3.8) is 0 Å². The fourth-order valence-electron chi connectivity index (χ4n) is 1.09. The number of carboxylic acid groups (broad SMARTS) is 3. The smallest absolute Gasteiger partial charge is 0.178 e. The molecule has 0 aromatic heterocycles. The van der Waals surface area contributed by atoms with Crippen molar-refractivity contribution >= 4 is 37.8 Å². The van der Waals surface area contributed by atoms with Gasteiger partial charge in [-0.1, -0.05) is 0 Å². The Kier molecular flexibility index (Phi) is 42.6. The summed E-state index contributed by atoms with van der Waals surface area (Å²) in [6.45, 7) is -0.117. The van der Waals surface area contributed by atoms with E-state index < -0.39 is 75.4 Å². The van der Waals surface area contributed by atoms with Crippen molar-refractivity contribution < 1.29 is 78.6 Å². The average molecular weight is 551 g/mol. The zero-order valence-electron chi connectivity index (χ0n) is 20.1. The monoisotopic (exact) mass is 551 g/mol. The fraction of sp³-hybridized carbons (Fsp3) is 0.615. The van der Waals surface area contributed by atoms with Crippen molar-refractivity contribution in [2.75, 3.05) is 6.61 Å². The minimum Gasteiger partial charge on any atom is -0.790 e. The number of aldehydes is 1. The lowest BCUT2D eigenvalue weighted by Crippen LogP contribution is -2.46. The number of phosphoric ester groups is 1. The zero-order chi connectivity index (χ0) is 24.7. The van der Waals surface area contributed by atoms with E-state index in [1.165, 1.54) is 0 Å². The Labute approximate surface area is 198 Å². The Morgan fingerprint density at radius 2 is 1.23 bits per heavy atom. The number of ketones is 1. The van der Waals surface area contributed by atoms with Gasteiger partial charge in [-0.2, -0.15) is 0 Å². The van der Waals surface area contributed by atoms with Crippen molar-refractivity contribution in [2.45, 2.75) is 44.2 Å². The molecule has 21 nitrogen and oxygen atoms in total. The number of hydrogen-bond donors (Lipinski definition) is 9. The molecule has 0 unspecified atom stereocenters. The Bertz CT molecular complexity index is 629. The molecule has 0 amide bonds. The third-order valence-corrected chi connectivity index (χ3v) is 2.89. The molecule has 216 valence electrons. The summed E-state index contributed by atoms with van der Waals surface area (Å²) < 4.78 is 13.6. The van der Waals surface area contributed by atoms with Gasteiger partial charge in [-0.05, 0) is 13.3 Å². The number of rotatable bonds is 11. The van der Waals surface area contributed by atoms with E-state index in [0.717, 1.165) is 6.92 Å². The van der Waals surface area contributed by atoms with Crippen LogP contribution in [-0.2, 0) is 33.1 Å². The molecule has 0 aliphatic heterocycles. The fourth-order valence-corrected chi connectivity index (χ4v) is 1.43. The van der Waals surface area contributed by atoms with Crippen molar-refractivity contribution in [1.82, 2.24) is 30.8 Å². The van der Waals surface area contributed by atoms with Gasteiger partial charge < -0.3 is 105 Å². The van der Waals surface area contributed by atoms with Crippen LogP contribution in [0.15, 0.2) is 0 Å². The van der Waals surface area contributed by atoms with Crippen LogP contribution in [0.4, 0.5) is 0 Å². The van der Waals surface area contributed by atoms with Crippen molar-refractivity contribution in [1.29, 1.82) is 0 Å². The number of hydrogen-bond acceptors (Lipinski definition) is 16. The Balaban J connectivity index is -0.0000000561. The lowest BCUT2D eigenvalue weighted by Gasteiger charge is -2.31. The molecule has 0 aliphatic rings. The van der Waals surface area contributed by atoms with Crippen molar-refractivity contribution in [3.05, 3.63) is 0 Å². The topological polar surface area (TPSA) is 490 Å². The number of Topliss-reactive ketones (excluding diaryl/α,β-unsaturated/α-hetero) is 1. The first-order valence-electron chi connectivity index (χ1n) is 7.42. The maximum atomic E-state index is 10.1. The largest absolute Gasteiger partial charge is 0.790 e. The van der Waals surface area contributed by atoms with E-state index in [1.807, 2.05) is 0 Å². The normalized spacial score (nSPS) is 12.3. The first-order chi connectivity index (χ1) is 13.5. The van der Waals surface area contributed by atoms with Gasteiger partial charge in [-0.25, -0.2) is 0 Å². The highest BCUT2D eigenvalue weighted by atomic mass is 31.2. The number of aliphatic hydroxyl groups excluding tert-OH is 4. The molecule has 0 aromatic rings. The SMILES string of the molecule is CC(=O)[O-].O=C([O-])CCC(=O)C(=O)[O-].O=C[C@H](O)[C@@H](O)[C@H](O)[C@H](O)COP(=O)([O-])[O-].[NH4+].[NH4+].[NH4+].[NH4+].[NH4+]. The van der Waals surface area contributed by atoms with Gasteiger partial charge in [-0.15, -0.1) is 0 Å². The highest BCUT2D eigenvalue weighted by Gasteiger charge is 2.30. The Morgan fingerprint density at radius 1 is 0.857 bits per heavy atom. The zero-order valence-corrected chi connectivity index (χ0v) is 21.0. The van der Waals surface area contributed by atoms with E-state index in [1.54, 1.807) is 0 Å². The molecule has 0 aromatic carbocycles. The first-order valence-corrected chi connectivity index (χ1v) is 8.88. The summed E-state index contributed by atoms with van der Waals surface area (Å²) in [5.41, 5.74) is 0. The van der Waals surface area contributed by atoms with E-state index in [-0.39, 0.29) is 37.0 Å². The molecule has 0 spiro atoms. The predicted octanol–water partition coefficient (Wildman–Crippen LogP) is -7.05.